The Labute approximate surface area is 164 Å². The number of ketones is 1. The molecule has 0 N–H and O–H groups in total. The lowest BCUT2D eigenvalue weighted by Crippen LogP contribution is -2.03. The number of hydrogen-bond donors (Lipinski definition) is 0. The second-order valence-electron chi connectivity index (χ2n) is 6.50. The van der Waals surface area contributed by atoms with Crippen molar-refractivity contribution in [1.29, 1.82) is 0 Å². The Morgan fingerprint density at radius 3 is 2.14 bits per heavy atom. The van der Waals surface area contributed by atoms with E-state index in [1.807, 2.05) is 91.0 Å². The van der Waals surface area contributed by atoms with Gasteiger partial charge in [0.25, 0.3) is 0 Å². The number of hydrogen-bond acceptors (Lipinski definition) is 3. The minimum Gasteiger partial charge on any atom is -0.496 e. The van der Waals surface area contributed by atoms with Crippen LogP contribution in [0.25, 0.3) is 10.8 Å². The van der Waals surface area contributed by atoms with E-state index in [0.29, 0.717) is 29.2 Å². The molecule has 28 heavy (non-hydrogen) atoms. The molecule has 4 aromatic rings. The summed E-state index contributed by atoms with van der Waals surface area (Å²) in [5.41, 5.74) is 2.29. The highest BCUT2D eigenvalue weighted by Crippen LogP contribution is 2.34. The largest absolute Gasteiger partial charge is 0.496 e. The van der Waals surface area contributed by atoms with E-state index >= 15 is 0 Å². The summed E-state index contributed by atoms with van der Waals surface area (Å²) in [6.45, 7) is 0.427. The number of carbonyl (C=O) groups excluding carboxylic acids is 1. The monoisotopic (exact) mass is 368 g/mol. The second kappa shape index (κ2) is 7.97. The van der Waals surface area contributed by atoms with Gasteiger partial charge >= 0.3 is 0 Å². The van der Waals surface area contributed by atoms with E-state index in [-0.39, 0.29) is 5.78 Å². The van der Waals surface area contributed by atoms with E-state index in [9.17, 15) is 4.79 Å². The average molecular weight is 368 g/mol. The van der Waals surface area contributed by atoms with Gasteiger partial charge in [0.05, 0.1) is 7.11 Å². The predicted molar refractivity (Wildman–Crippen MR) is 111 cm³/mol. The molecule has 0 aliphatic heterocycles. The molecule has 4 aromatic carbocycles. The molecular formula is C25H20O3. The zero-order chi connectivity index (χ0) is 19.3. The highest BCUT2D eigenvalue weighted by molar-refractivity contribution is 6.12. The van der Waals surface area contributed by atoms with Gasteiger partial charge in [-0.15, -0.1) is 0 Å². The Kier molecular flexibility index (Phi) is 5.07. The molecule has 0 aliphatic rings. The molecule has 0 bridgehead atoms. The lowest BCUT2D eigenvalue weighted by Gasteiger charge is -2.14. The van der Waals surface area contributed by atoms with Gasteiger partial charge in [0.1, 0.15) is 18.1 Å². The Morgan fingerprint density at radius 1 is 0.714 bits per heavy atom. The number of carbonyl (C=O) groups is 1. The highest BCUT2D eigenvalue weighted by atomic mass is 16.5. The molecule has 0 unspecified atom stereocenters. The Balaban J connectivity index is 1.79. The first kappa shape index (κ1) is 17.8. The highest BCUT2D eigenvalue weighted by Gasteiger charge is 2.15. The van der Waals surface area contributed by atoms with Gasteiger partial charge in [0.2, 0.25) is 0 Å². The van der Waals surface area contributed by atoms with Gasteiger partial charge < -0.3 is 9.47 Å². The summed E-state index contributed by atoms with van der Waals surface area (Å²) in [7, 11) is 1.63. The molecule has 0 spiro atoms. The van der Waals surface area contributed by atoms with E-state index in [2.05, 4.69) is 0 Å². The molecule has 0 heterocycles. The van der Waals surface area contributed by atoms with Gasteiger partial charge in [0.15, 0.2) is 5.78 Å². The van der Waals surface area contributed by atoms with E-state index in [1.165, 1.54) is 0 Å². The van der Waals surface area contributed by atoms with Crippen LogP contribution in [0, 0.1) is 0 Å². The third kappa shape index (κ3) is 3.60. The molecule has 3 heteroatoms. The van der Waals surface area contributed by atoms with Crippen LogP contribution in [0.1, 0.15) is 21.5 Å². The minimum atomic E-state index is -0.0435. The molecule has 0 saturated carbocycles. The zero-order valence-electron chi connectivity index (χ0n) is 15.6. The zero-order valence-corrected chi connectivity index (χ0v) is 15.6. The van der Waals surface area contributed by atoms with Crippen LogP contribution in [0.2, 0.25) is 0 Å². The van der Waals surface area contributed by atoms with Crippen LogP contribution in [0.5, 0.6) is 11.5 Å². The lowest BCUT2D eigenvalue weighted by molar-refractivity contribution is 0.103. The Hall–Kier alpha value is -3.59. The Bertz CT molecular complexity index is 1100. The molecule has 0 radical (unpaired) electrons. The summed E-state index contributed by atoms with van der Waals surface area (Å²) in [5.74, 6) is 1.34. The topological polar surface area (TPSA) is 35.5 Å². The number of fused-ring (bicyclic) bond motifs is 1. The minimum absolute atomic E-state index is 0.0435. The van der Waals surface area contributed by atoms with Gasteiger partial charge in [-0.3, -0.25) is 4.79 Å². The van der Waals surface area contributed by atoms with Crippen molar-refractivity contribution < 1.29 is 14.3 Å². The number of benzene rings is 4. The first-order chi connectivity index (χ1) is 13.8. The maximum atomic E-state index is 13.0. The van der Waals surface area contributed by atoms with Gasteiger partial charge in [-0.1, -0.05) is 72.8 Å². The van der Waals surface area contributed by atoms with Gasteiger partial charge in [0, 0.05) is 21.9 Å². The summed E-state index contributed by atoms with van der Waals surface area (Å²) in [6, 6.07) is 28.7. The number of methoxy groups -OCH3 is 1. The van der Waals surface area contributed by atoms with Crippen molar-refractivity contribution in [2.24, 2.45) is 0 Å². The third-order valence-corrected chi connectivity index (χ3v) is 4.67. The van der Waals surface area contributed by atoms with Crippen molar-refractivity contribution in [1.82, 2.24) is 0 Å². The van der Waals surface area contributed by atoms with E-state index in [1.54, 1.807) is 7.11 Å². The average Bonchev–Trinajstić information content (AvgIpc) is 2.77. The fourth-order valence-electron chi connectivity index (χ4n) is 3.24. The van der Waals surface area contributed by atoms with Crippen molar-refractivity contribution >= 4 is 16.6 Å². The normalized spacial score (nSPS) is 10.6. The van der Waals surface area contributed by atoms with Crippen LogP contribution in [0.3, 0.4) is 0 Å². The summed E-state index contributed by atoms with van der Waals surface area (Å²) < 4.78 is 11.6. The summed E-state index contributed by atoms with van der Waals surface area (Å²) in [6.07, 6.45) is 0. The molecule has 0 aromatic heterocycles. The molecule has 0 atom stereocenters. The van der Waals surface area contributed by atoms with Crippen LogP contribution in [0.15, 0.2) is 91.0 Å². The summed E-state index contributed by atoms with van der Waals surface area (Å²) in [4.78, 5) is 13.0. The van der Waals surface area contributed by atoms with E-state index in [4.69, 9.17) is 9.47 Å². The molecule has 0 aliphatic carbocycles. The van der Waals surface area contributed by atoms with Crippen molar-refractivity contribution in [2.75, 3.05) is 7.11 Å². The van der Waals surface area contributed by atoms with Gasteiger partial charge in [-0.2, -0.15) is 0 Å². The van der Waals surface area contributed by atoms with Crippen LogP contribution >= 0.6 is 0 Å². The molecular weight excluding hydrogens is 348 g/mol. The van der Waals surface area contributed by atoms with Crippen LogP contribution < -0.4 is 9.47 Å². The standard InChI is InChI=1S/C25H20O3/c1-27-23-14-8-13-21-22(23)15-20(25(26)19-11-6-3-7-12-19)16-24(21)28-17-18-9-4-2-5-10-18/h2-16H,17H2,1H3. The fourth-order valence-corrected chi connectivity index (χ4v) is 3.24. The quantitative estimate of drug-likeness (QED) is 0.412. The van der Waals surface area contributed by atoms with Crippen LogP contribution in [-0.4, -0.2) is 12.9 Å². The number of rotatable bonds is 6. The Morgan fingerprint density at radius 2 is 1.43 bits per heavy atom. The smallest absolute Gasteiger partial charge is 0.193 e. The molecule has 0 amide bonds. The summed E-state index contributed by atoms with van der Waals surface area (Å²) in [5, 5.41) is 1.77. The maximum absolute atomic E-state index is 13.0. The molecule has 0 fully saturated rings. The molecule has 3 nitrogen and oxygen atoms in total. The third-order valence-electron chi connectivity index (χ3n) is 4.67. The van der Waals surface area contributed by atoms with Crippen molar-refractivity contribution in [3.05, 3.63) is 108 Å². The van der Waals surface area contributed by atoms with Crippen LogP contribution in [-0.2, 0) is 6.61 Å². The molecule has 0 saturated heterocycles. The summed E-state index contributed by atoms with van der Waals surface area (Å²) >= 11 is 0. The van der Waals surface area contributed by atoms with E-state index in [0.717, 1.165) is 16.3 Å². The molecule has 138 valence electrons. The van der Waals surface area contributed by atoms with Crippen molar-refractivity contribution in [3.8, 4) is 11.5 Å². The fraction of sp³-hybridized carbons (Fsp3) is 0.0800. The SMILES string of the molecule is COc1cccc2c(OCc3ccccc3)cc(C(=O)c3ccccc3)cc12. The first-order valence-electron chi connectivity index (χ1n) is 9.13. The number of ether oxygens (including phenoxy) is 2. The van der Waals surface area contributed by atoms with Gasteiger partial charge in [-0.25, -0.2) is 0 Å². The van der Waals surface area contributed by atoms with Gasteiger partial charge in [-0.05, 0) is 23.8 Å². The second-order valence-corrected chi connectivity index (χ2v) is 6.50. The van der Waals surface area contributed by atoms with E-state index < -0.39 is 0 Å². The first-order valence-corrected chi connectivity index (χ1v) is 9.13. The lowest BCUT2D eigenvalue weighted by atomic mass is 9.98. The van der Waals surface area contributed by atoms with Crippen molar-refractivity contribution in [3.63, 3.8) is 0 Å². The van der Waals surface area contributed by atoms with Crippen molar-refractivity contribution in [2.45, 2.75) is 6.61 Å². The van der Waals surface area contributed by atoms with Crippen LogP contribution in [0.4, 0.5) is 0 Å². The predicted octanol–water partition coefficient (Wildman–Crippen LogP) is 5.66. The molecule has 4 rings (SSSR count). The maximum Gasteiger partial charge on any atom is 0.193 e.